The number of nitrogens with zero attached hydrogens (tertiary/aromatic N) is 1. The fraction of sp³-hybridized carbons (Fsp3) is 0.636. The maximum Gasteiger partial charge on any atom is 0.351 e. The lowest BCUT2D eigenvalue weighted by atomic mass is 9.89. The van der Waals surface area contributed by atoms with Gasteiger partial charge in [-0.15, -0.1) is 0 Å². The van der Waals surface area contributed by atoms with E-state index in [0.717, 1.165) is 19.4 Å². The molecule has 0 aromatic carbocycles. The minimum absolute atomic E-state index is 0.190. The number of hydrogen-bond donors (Lipinski definition) is 1. The van der Waals surface area contributed by atoms with Crippen LogP contribution in [0.1, 0.15) is 29.4 Å². The molecule has 100 valence electrons. The third kappa shape index (κ3) is 2.93. The zero-order chi connectivity index (χ0) is 13.1. The van der Waals surface area contributed by atoms with E-state index in [1.807, 2.05) is 6.92 Å². The zero-order valence-electron chi connectivity index (χ0n) is 10.2. The standard InChI is InChI=1S/C11H15ClN2O3S/c1-3-17-7-4-6(5-7)13-11-14-9(12)8(18-11)10(15)16-2/h6-7H,3-5H2,1-2H3,(H,13,14). The molecule has 0 spiro atoms. The monoisotopic (exact) mass is 290 g/mol. The summed E-state index contributed by atoms with van der Waals surface area (Å²) < 4.78 is 10.1. The molecule has 1 fully saturated rings. The fourth-order valence-corrected chi connectivity index (χ4v) is 2.99. The molecule has 18 heavy (non-hydrogen) atoms. The summed E-state index contributed by atoms with van der Waals surface area (Å²) in [4.78, 5) is 15.8. The van der Waals surface area contributed by atoms with E-state index in [4.69, 9.17) is 16.3 Å². The van der Waals surface area contributed by atoms with Gasteiger partial charge in [-0.05, 0) is 19.8 Å². The lowest BCUT2D eigenvalue weighted by molar-refractivity contribution is 0.00299. The summed E-state index contributed by atoms with van der Waals surface area (Å²) in [6.07, 6.45) is 2.25. The molecule has 1 heterocycles. The van der Waals surface area contributed by atoms with Crippen LogP contribution in [0.3, 0.4) is 0 Å². The van der Waals surface area contributed by atoms with Crippen LogP contribution in [0.4, 0.5) is 5.13 Å². The number of aromatic nitrogens is 1. The average molecular weight is 291 g/mol. The van der Waals surface area contributed by atoms with E-state index in [2.05, 4.69) is 15.0 Å². The second-order valence-corrected chi connectivity index (χ2v) is 5.38. The van der Waals surface area contributed by atoms with Crippen LogP contribution in [0.15, 0.2) is 0 Å². The average Bonchev–Trinajstić information content (AvgIpc) is 2.67. The van der Waals surface area contributed by atoms with E-state index in [1.165, 1.54) is 18.4 Å². The number of hydrogen-bond acceptors (Lipinski definition) is 6. The highest BCUT2D eigenvalue weighted by molar-refractivity contribution is 7.18. The van der Waals surface area contributed by atoms with E-state index in [0.29, 0.717) is 22.2 Å². The number of anilines is 1. The molecular formula is C11H15ClN2O3S. The van der Waals surface area contributed by atoms with Crippen molar-refractivity contribution in [2.24, 2.45) is 0 Å². The minimum atomic E-state index is -0.452. The normalized spacial score (nSPS) is 22.4. The molecule has 1 aromatic heterocycles. The molecule has 1 aliphatic rings. The molecule has 1 aliphatic carbocycles. The Balaban J connectivity index is 1.90. The molecule has 0 radical (unpaired) electrons. The highest BCUT2D eigenvalue weighted by Gasteiger charge is 2.30. The summed E-state index contributed by atoms with van der Waals surface area (Å²) in [5, 5.41) is 4.09. The summed E-state index contributed by atoms with van der Waals surface area (Å²) in [7, 11) is 1.32. The number of carbonyl (C=O) groups excluding carboxylic acids is 1. The third-order valence-corrected chi connectivity index (χ3v) is 4.13. The summed E-state index contributed by atoms with van der Waals surface area (Å²) in [5.41, 5.74) is 0. The Bertz CT molecular complexity index is 432. The SMILES string of the molecule is CCOC1CC(Nc2nc(Cl)c(C(=O)OC)s2)C1. The number of carbonyl (C=O) groups is 1. The van der Waals surface area contributed by atoms with Crippen LogP contribution < -0.4 is 5.32 Å². The van der Waals surface area contributed by atoms with E-state index in [-0.39, 0.29) is 5.15 Å². The van der Waals surface area contributed by atoms with E-state index < -0.39 is 5.97 Å². The van der Waals surface area contributed by atoms with Gasteiger partial charge in [-0.2, -0.15) is 0 Å². The van der Waals surface area contributed by atoms with Crippen molar-refractivity contribution >= 4 is 34.0 Å². The van der Waals surface area contributed by atoms with Gasteiger partial charge in [-0.25, -0.2) is 9.78 Å². The van der Waals surface area contributed by atoms with Gasteiger partial charge < -0.3 is 14.8 Å². The predicted molar refractivity (Wildman–Crippen MR) is 70.5 cm³/mol. The summed E-state index contributed by atoms with van der Waals surface area (Å²) in [5.74, 6) is -0.452. The van der Waals surface area contributed by atoms with Gasteiger partial charge in [0.15, 0.2) is 15.2 Å². The van der Waals surface area contributed by atoms with Crippen molar-refractivity contribution in [1.82, 2.24) is 4.98 Å². The largest absolute Gasteiger partial charge is 0.465 e. The quantitative estimate of drug-likeness (QED) is 0.845. The Morgan fingerprint density at radius 1 is 1.61 bits per heavy atom. The first kappa shape index (κ1) is 13.6. The summed E-state index contributed by atoms with van der Waals surface area (Å²) in [6.45, 7) is 2.73. The van der Waals surface area contributed by atoms with Crippen molar-refractivity contribution in [2.75, 3.05) is 19.0 Å². The van der Waals surface area contributed by atoms with Crippen molar-refractivity contribution < 1.29 is 14.3 Å². The second-order valence-electron chi connectivity index (χ2n) is 4.02. The smallest absolute Gasteiger partial charge is 0.351 e. The summed E-state index contributed by atoms with van der Waals surface area (Å²) >= 11 is 7.09. The van der Waals surface area contributed by atoms with Crippen molar-refractivity contribution in [3.05, 3.63) is 10.0 Å². The Hall–Kier alpha value is -0.850. The van der Waals surface area contributed by atoms with Gasteiger partial charge in [-0.3, -0.25) is 0 Å². The number of esters is 1. The molecule has 7 heteroatoms. The number of methoxy groups -OCH3 is 1. The van der Waals surface area contributed by atoms with Crippen LogP contribution in [-0.2, 0) is 9.47 Å². The minimum Gasteiger partial charge on any atom is -0.465 e. The van der Waals surface area contributed by atoms with E-state index in [9.17, 15) is 4.79 Å². The van der Waals surface area contributed by atoms with E-state index in [1.54, 1.807) is 0 Å². The Kier molecular flexibility index (Phi) is 4.42. The molecule has 0 aliphatic heterocycles. The number of ether oxygens (including phenoxy) is 2. The van der Waals surface area contributed by atoms with Gasteiger partial charge in [-0.1, -0.05) is 22.9 Å². The predicted octanol–water partition coefficient (Wildman–Crippen LogP) is 2.56. The van der Waals surface area contributed by atoms with Crippen molar-refractivity contribution in [3.8, 4) is 0 Å². The van der Waals surface area contributed by atoms with Crippen LogP contribution in [0.2, 0.25) is 5.15 Å². The van der Waals surface area contributed by atoms with Crippen LogP contribution in [-0.4, -0.2) is 36.8 Å². The highest BCUT2D eigenvalue weighted by Crippen LogP contribution is 2.32. The first-order chi connectivity index (χ1) is 8.63. The zero-order valence-corrected chi connectivity index (χ0v) is 11.8. The van der Waals surface area contributed by atoms with Crippen LogP contribution >= 0.6 is 22.9 Å². The maximum atomic E-state index is 11.4. The molecule has 2 rings (SSSR count). The number of thiazole rings is 1. The van der Waals surface area contributed by atoms with Crippen LogP contribution in [0, 0.1) is 0 Å². The van der Waals surface area contributed by atoms with Gasteiger partial charge in [0.25, 0.3) is 0 Å². The Labute approximate surface area is 114 Å². The van der Waals surface area contributed by atoms with Gasteiger partial charge in [0.2, 0.25) is 0 Å². The first-order valence-electron chi connectivity index (χ1n) is 5.76. The highest BCUT2D eigenvalue weighted by atomic mass is 35.5. The van der Waals surface area contributed by atoms with Gasteiger partial charge in [0, 0.05) is 12.6 Å². The molecule has 0 unspecified atom stereocenters. The molecule has 0 amide bonds. The van der Waals surface area contributed by atoms with Gasteiger partial charge in [0.1, 0.15) is 0 Å². The van der Waals surface area contributed by atoms with Gasteiger partial charge in [0.05, 0.1) is 13.2 Å². The second kappa shape index (κ2) is 5.86. The molecular weight excluding hydrogens is 276 g/mol. The Morgan fingerprint density at radius 3 is 2.94 bits per heavy atom. The molecule has 0 saturated heterocycles. The van der Waals surface area contributed by atoms with Crippen molar-refractivity contribution in [2.45, 2.75) is 31.9 Å². The number of halogens is 1. The third-order valence-electron chi connectivity index (χ3n) is 2.78. The van der Waals surface area contributed by atoms with E-state index >= 15 is 0 Å². The van der Waals surface area contributed by atoms with Gasteiger partial charge >= 0.3 is 5.97 Å². The van der Waals surface area contributed by atoms with Crippen LogP contribution in [0.5, 0.6) is 0 Å². The maximum absolute atomic E-state index is 11.4. The fourth-order valence-electron chi connectivity index (χ4n) is 1.81. The molecule has 1 aromatic rings. The number of nitrogens with one attached hydrogen (secondary N) is 1. The van der Waals surface area contributed by atoms with Crippen molar-refractivity contribution in [3.63, 3.8) is 0 Å². The Morgan fingerprint density at radius 2 is 2.33 bits per heavy atom. The molecule has 1 saturated carbocycles. The topological polar surface area (TPSA) is 60.5 Å². The lowest BCUT2D eigenvalue weighted by Crippen LogP contribution is -2.40. The van der Waals surface area contributed by atoms with Crippen LogP contribution in [0.25, 0.3) is 0 Å². The number of rotatable bonds is 5. The molecule has 0 bridgehead atoms. The molecule has 1 N–H and O–H groups in total. The lowest BCUT2D eigenvalue weighted by Gasteiger charge is -2.35. The summed E-state index contributed by atoms with van der Waals surface area (Å²) in [6, 6.07) is 0.342. The van der Waals surface area contributed by atoms with Crippen molar-refractivity contribution in [1.29, 1.82) is 0 Å². The molecule has 0 atom stereocenters. The molecule has 5 nitrogen and oxygen atoms in total. The first-order valence-corrected chi connectivity index (χ1v) is 6.96.